The van der Waals surface area contributed by atoms with Gasteiger partial charge in [0.05, 0.1) is 22.2 Å². The number of hydrogen-bond donors (Lipinski definition) is 0. The second-order valence-electron chi connectivity index (χ2n) is 6.55. The highest BCUT2D eigenvalue weighted by Crippen LogP contribution is 2.40. The van der Waals surface area contributed by atoms with Gasteiger partial charge in [-0.1, -0.05) is 0 Å². The molecule has 0 aliphatic carbocycles. The first-order chi connectivity index (χ1) is 11.6. The summed E-state index contributed by atoms with van der Waals surface area (Å²) >= 11 is 1.41. The molecular formula is C16H20N4O2S2. The minimum Gasteiger partial charge on any atom is -0.330 e. The van der Waals surface area contributed by atoms with E-state index in [-0.39, 0.29) is 11.4 Å². The molecule has 0 N–H and O–H groups in total. The van der Waals surface area contributed by atoms with Crippen molar-refractivity contribution in [3.8, 4) is 0 Å². The molecule has 2 aromatic rings. The van der Waals surface area contributed by atoms with Crippen LogP contribution < -0.4 is 0 Å². The molecule has 1 spiro atoms. The van der Waals surface area contributed by atoms with Crippen molar-refractivity contribution in [1.29, 1.82) is 0 Å². The molecule has 1 amide bonds. The van der Waals surface area contributed by atoms with E-state index in [2.05, 4.69) is 14.3 Å². The topological polar surface area (TPSA) is 75.5 Å². The lowest BCUT2D eigenvalue weighted by atomic mass is 9.92. The number of rotatable bonds is 1. The van der Waals surface area contributed by atoms with Gasteiger partial charge in [-0.3, -0.25) is 9.78 Å². The molecule has 0 bridgehead atoms. The molecule has 8 heteroatoms. The van der Waals surface area contributed by atoms with Gasteiger partial charge in [-0.2, -0.15) is 0 Å². The van der Waals surface area contributed by atoms with Crippen LogP contribution in [0.1, 0.15) is 35.5 Å². The van der Waals surface area contributed by atoms with Gasteiger partial charge in [-0.15, -0.1) is 11.3 Å². The average Bonchev–Trinajstić information content (AvgIpc) is 3.18. The number of hydrogen-bond acceptors (Lipinski definition) is 6. The Kier molecular flexibility index (Phi) is 3.84. The summed E-state index contributed by atoms with van der Waals surface area (Å²) in [7, 11) is -0.547. The van der Waals surface area contributed by atoms with E-state index in [9.17, 15) is 9.00 Å². The van der Waals surface area contributed by atoms with E-state index in [1.807, 2.05) is 11.0 Å². The summed E-state index contributed by atoms with van der Waals surface area (Å²) in [6, 6.07) is 1.88. The van der Waals surface area contributed by atoms with Gasteiger partial charge in [-0.05, 0) is 31.7 Å². The molecule has 2 saturated heterocycles. The van der Waals surface area contributed by atoms with Gasteiger partial charge in [-0.25, -0.2) is 13.6 Å². The zero-order valence-corrected chi connectivity index (χ0v) is 15.2. The van der Waals surface area contributed by atoms with Crippen LogP contribution in [0.3, 0.4) is 0 Å². The van der Waals surface area contributed by atoms with Crippen molar-refractivity contribution in [3.05, 3.63) is 23.5 Å². The fourth-order valence-electron chi connectivity index (χ4n) is 4.00. The van der Waals surface area contributed by atoms with Crippen molar-refractivity contribution < 1.29 is 9.00 Å². The van der Waals surface area contributed by atoms with E-state index in [1.54, 1.807) is 19.4 Å². The number of nitrogens with zero attached hydrogens (tertiary/aromatic N) is 4. The van der Waals surface area contributed by atoms with Gasteiger partial charge in [0.1, 0.15) is 5.52 Å². The summed E-state index contributed by atoms with van der Waals surface area (Å²) in [5, 5.41) is 0.504. The van der Waals surface area contributed by atoms with E-state index in [1.165, 1.54) is 11.3 Å². The van der Waals surface area contributed by atoms with Crippen molar-refractivity contribution in [3.63, 3.8) is 0 Å². The van der Waals surface area contributed by atoms with Gasteiger partial charge in [0, 0.05) is 35.3 Å². The highest BCUT2D eigenvalue weighted by Gasteiger charge is 2.48. The summed E-state index contributed by atoms with van der Waals surface area (Å²) in [5.74, 6) is 1.13. The summed E-state index contributed by atoms with van der Waals surface area (Å²) < 4.78 is 18.0. The third-order valence-corrected chi connectivity index (χ3v) is 8.75. The maximum atomic E-state index is 13.1. The minimum atomic E-state index is -2.19. The number of fused-ring (bicyclic) bond motifs is 1. The number of likely N-dealkylation sites (tertiary alicyclic amines) is 1. The summed E-state index contributed by atoms with van der Waals surface area (Å²) in [6.45, 7) is 0.715. The van der Waals surface area contributed by atoms with Crippen molar-refractivity contribution in [1.82, 2.24) is 14.9 Å². The van der Waals surface area contributed by atoms with Gasteiger partial charge >= 0.3 is 0 Å². The van der Waals surface area contributed by atoms with Gasteiger partial charge in [0.2, 0.25) is 0 Å². The second kappa shape index (κ2) is 5.77. The molecule has 2 aliphatic rings. The van der Waals surface area contributed by atoms with Crippen LogP contribution in [0.15, 0.2) is 22.8 Å². The van der Waals surface area contributed by atoms with E-state index >= 15 is 0 Å². The van der Waals surface area contributed by atoms with Crippen LogP contribution in [0.2, 0.25) is 0 Å². The van der Waals surface area contributed by atoms with Crippen molar-refractivity contribution in [2.45, 2.75) is 31.2 Å². The van der Waals surface area contributed by atoms with Gasteiger partial charge in [0.15, 0.2) is 5.01 Å². The lowest BCUT2D eigenvalue weighted by Gasteiger charge is -2.42. The first kappa shape index (κ1) is 16.0. The zero-order valence-electron chi connectivity index (χ0n) is 13.6. The van der Waals surface area contributed by atoms with Crippen molar-refractivity contribution >= 4 is 37.2 Å². The molecule has 6 nitrogen and oxygen atoms in total. The lowest BCUT2D eigenvalue weighted by Crippen LogP contribution is -2.54. The number of carbonyl (C=O) groups is 1. The fourth-order valence-corrected chi connectivity index (χ4v) is 7.22. The second-order valence-corrected chi connectivity index (χ2v) is 10.2. The first-order valence-corrected chi connectivity index (χ1v) is 10.9. The Morgan fingerprint density at radius 1 is 1.42 bits per heavy atom. The van der Waals surface area contributed by atoms with Crippen molar-refractivity contribution in [2.75, 3.05) is 25.1 Å². The standard InChI is InChI=1S/C16H20N4O2S2/c1-17-24(22)9-3-6-16(11-24)5-2-8-20(16)15(21)14-19-12-10-18-7-4-13(12)23-14/h4,7,10H,2-3,5-6,8-9,11H2,1H3. The smallest absolute Gasteiger partial charge is 0.283 e. The number of thiazole rings is 1. The molecule has 2 atom stereocenters. The Morgan fingerprint density at radius 3 is 3.04 bits per heavy atom. The first-order valence-electron chi connectivity index (χ1n) is 8.18. The molecule has 0 radical (unpaired) electrons. The highest BCUT2D eigenvalue weighted by atomic mass is 32.2. The van der Waals surface area contributed by atoms with E-state index in [0.29, 0.717) is 23.1 Å². The number of carbonyl (C=O) groups excluding carboxylic acids is 1. The Morgan fingerprint density at radius 2 is 2.25 bits per heavy atom. The van der Waals surface area contributed by atoms with E-state index < -0.39 is 9.73 Å². The molecule has 2 aliphatic heterocycles. The largest absolute Gasteiger partial charge is 0.330 e. The Labute approximate surface area is 145 Å². The Bertz CT molecular complexity index is 883. The molecule has 0 aromatic carbocycles. The van der Waals surface area contributed by atoms with Crippen LogP contribution in [0, 0.1) is 0 Å². The normalized spacial score (nSPS) is 30.1. The molecule has 128 valence electrons. The summed E-state index contributed by atoms with van der Waals surface area (Å²) in [4.78, 5) is 23.6. The Hall–Kier alpha value is -1.54. The number of pyridine rings is 1. The molecule has 2 fully saturated rings. The zero-order chi connectivity index (χ0) is 16.8. The average molecular weight is 364 g/mol. The van der Waals surface area contributed by atoms with Crippen LogP contribution in [-0.2, 0) is 9.73 Å². The predicted molar refractivity (Wildman–Crippen MR) is 95.9 cm³/mol. The summed E-state index contributed by atoms with van der Waals surface area (Å²) in [5.41, 5.74) is 0.456. The maximum absolute atomic E-state index is 13.1. The molecule has 2 aromatic heterocycles. The van der Waals surface area contributed by atoms with E-state index in [4.69, 9.17) is 0 Å². The summed E-state index contributed by atoms with van der Waals surface area (Å²) in [6.07, 6.45) is 7.05. The number of amides is 1. The minimum absolute atomic E-state index is 0.0338. The Balaban J connectivity index is 1.69. The quantitative estimate of drug-likeness (QED) is 0.779. The van der Waals surface area contributed by atoms with Crippen LogP contribution in [0.4, 0.5) is 0 Å². The number of aromatic nitrogens is 2. The van der Waals surface area contributed by atoms with Crippen LogP contribution in [-0.4, -0.2) is 55.6 Å². The molecule has 2 unspecified atom stereocenters. The fraction of sp³-hybridized carbons (Fsp3) is 0.562. The molecule has 4 rings (SSSR count). The van der Waals surface area contributed by atoms with Crippen LogP contribution in [0.25, 0.3) is 10.2 Å². The van der Waals surface area contributed by atoms with Crippen LogP contribution in [0.5, 0.6) is 0 Å². The van der Waals surface area contributed by atoms with Crippen molar-refractivity contribution in [2.24, 2.45) is 4.36 Å². The maximum Gasteiger partial charge on any atom is 0.283 e. The lowest BCUT2D eigenvalue weighted by molar-refractivity contribution is 0.0609. The van der Waals surface area contributed by atoms with Crippen LogP contribution >= 0.6 is 11.3 Å². The molecule has 24 heavy (non-hydrogen) atoms. The van der Waals surface area contributed by atoms with Gasteiger partial charge in [0.25, 0.3) is 5.91 Å². The highest BCUT2D eigenvalue weighted by molar-refractivity contribution is 7.93. The van der Waals surface area contributed by atoms with E-state index in [0.717, 1.165) is 35.9 Å². The monoisotopic (exact) mass is 364 g/mol. The van der Waals surface area contributed by atoms with Gasteiger partial charge < -0.3 is 4.90 Å². The third kappa shape index (κ3) is 2.52. The predicted octanol–water partition coefficient (Wildman–Crippen LogP) is 2.56. The molecular weight excluding hydrogens is 344 g/mol. The molecule has 4 heterocycles. The molecule has 0 saturated carbocycles. The third-order valence-electron chi connectivity index (χ3n) is 5.15. The SMILES string of the molecule is CN=S1(=O)CCCC2(CCCN2C(=O)c2nc3cnccc3s2)C1.